The van der Waals surface area contributed by atoms with Crippen LogP contribution in [0.5, 0.6) is 0 Å². The molecule has 0 amide bonds. The highest BCUT2D eigenvalue weighted by Gasteiger charge is 2.10. The van der Waals surface area contributed by atoms with E-state index < -0.39 is 0 Å². The number of fused-ring (bicyclic) bond motifs is 2. The van der Waals surface area contributed by atoms with Crippen LogP contribution in [0, 0.1) is 0 Å². The van der Waals surface area contributed by atoms with Crippen LogP contribution < -0.4 is 5.56 Å². The number of H-pyrrole nitrogens is 1. The zero-order valence-electron chi connectivity index (χ0n) is 15.0. The maximum Gasteiger partial charge on any atom is 0.266 e. The summed E-state index contributed by atoms with van der Waals surface area (Å²) in [7, 11) is 0. The number of nitrogens with zero attached hydrogens (tertiary/aromatic N) is 2. The summed E-state index contributed by atoms with van der Waals surface area (Å²) in [6, 6.07) is 25.2. The van der Waals surface area contributed by atoms with Crippen molar-refractivity contribution in [3.8, 4) is 5.69 Å². The molecule has 0 aliphatic carbocycles. The van der Waals surface area contributed by atoms with Crippen LogP contribution in [-0.2, 0) is 0 Å². The Morgan fingerprint density at radius 3 is 2.36 bits per heavy atom. The van der Waals surface area contributed by atoms with E-state index in [1.54, 1.807) is 4.57 Å². The van der Waals surface area contributed by atoms with Gasteiger partial charge >= 0.3 is 0 Å². The monoisotopic (exact) mass is 363 g/mol. The average molecular weight is 363 g/mol. The van der Waals surface area contributed by atoms with Gasteiger partial charge in [0.15, 0.2) is 0 Å². The van der Waals surface area contributed by atoms with Gasteiger partial charge < -0.3 is 4.98 Å². The van der Waals surface area contributed by atoms with Crippen molar-refractivity contribution in [2.45, 2.75) is 0 Å². The first kappa shape index (κ1) is 16.3. The normalized spacial score (nSPS) is 11.6. The van der Waals surface area contributed by atoms with Crippen LogP contribution in [-0.4, -0.2) is 14.5 Å². The van der Waals surface area contributed by atoms with Crippen molar-refractivity contribution in [2.24, 2.45) is 0 Å². The van der Waals surface area contributed by atoms with E-state index in [4.69, 9.17) is 4.98 Å². The minimum absolute atomic E-state index is 0.0737. The number of rotatable bonds is 3. The molecule has 3 aromatic carbocycles. The Morgan fingerprint density at radius 1 is 0.786 bits per heavy atom. The van der Waals surface area contributed by atoms with Gasteiger partial charge in [-0.2, -0.15) is 0 Å². The second kappa shape index (κ2) is 6.67. The second-order valence-corrected chi connectivity index (χ2v) is 6.59. The van der Waals surface area contributed by atoms with Crippen molar-refractivity contribution in [2.75, 3.05) is 0 Å². The van der Waals surface area contributed by atoms with Gasteiger partial charge in [0.2, 0.25) is 0 Å². The van der Waals surface area contributed by atoms with E-state index in [2.05, 4.69) is 11.1 Å². The third-order valence-corrected chi connectivity index (χ3v) is 4.85. The highest BCUT2D eigenvalue weighted by Crippen LogP contribution is 2.21. The molecule has 0 spiro atoms. The predicted molar refractivity (Wildman–Crippen MR) is 115 cm³/mol. The smallest absolute Gasteiger partial charge is 0.266 e. The highest BCUT2D eigenvalue weighted by atomic mass is 16.1. The van der Waals surface area contributed by atoms with Crippen LogP contribution in [0.15, 0.2) is 89.9 Å². The molecule has 5 rings (SSSR count). The number of aromatic amines is 1. The van der Waals surface area contributed by atoms with Crippen LogP contribution in [0.1, 0.15) is 11.4 Å². The van der Waals surface area contributed by atoms with Gasteiger partial charge in [0.1, 0.15) is 5.82 Å². The molecule has 0 aliphatic heterocycles. The van der Waals surface area contributed by atoms with E-state index in [0.717, 1.165) is 22.2 Å². The molecule has 0 radical (unpaired) electrons. The van der Waals surface area contributed by atoms with Crippen LogP contribution in [0.4, 0.5) is 0 Å². The molecule has 134 valence electrons. The molecule has 0 unspecified atom stereocenters. The standard InChI is InChI=1S/C24H17N3O/c28-24-20-11-5-7-13-22(20)26-23(27(24)18-8-2-1-3-9-18)15-14-17-16-25-21-12-6-4-10-19(17)21/h1-16,25H. The third-order valence-electron chi connectivity index (χ3n) is 4.85. The Balaban J connectivity index is 1.73. The van der Waals surface area contributed by atoms with Gasteiger partial charge in [-0.05, 0) is 48.0 Å². The second-order valence-electron chi connectivity index (χ2n) is 6.59. The van der Waals surface area contributed by atoms with Gasteiger partial charge in [0, 0.05) is 17.1 Å². The predicted octanol–water partition coefficient (Wildman–Crippen LogP) is 5.04. The fraction of sp³-hybridized carbons (Fsp3) is 0. The summed E-state index contributed by atoms with van der Waals surface area (Å²) in [5.41, 5.74) is 3.55. The van der Waals surface area contributed by atoms with Crippen molar-refractivity contribution < 1.29 is 0 Å². The fourth-order valence-corrected chi connectivity index (χ4v) is 3.48. The van der Waals surface area contributed by atoms with Gasteiger partial charge in [-0.1, -0.05) is 48.5 Å². The van der Waals surface area contributed by atoms with E-state index >= 15 is 0 Å². The van der Waals surface area contributed by atoms with Crippen molar-refractivity contribution in [1.82, 2.24) is 14.5 Å². The van der Waals surface area contributed by atoms with E-state index in [0.29, 0.717) is 16.7 Å². The van der Waals surface area contributed by atoms with Crippen molar-refractivity contribution in [1.29, 1.82) is 0 Å². The Morgan fingerprint density at radius 2 is 1.50 bits per heavy atom. The summed E-state index contributed by atoms with van der Waals surface area (Å²) >= 11 is 0. The van der Waals surface area contributed by atoms with Crippen LogP contribution in [0.2, 0.25) is 0 Å². The Labute approximate surface area is 161 Å². The molecule has 0 fully saturated rings. The van der Waals surface area contributed by atoms with Gasteiger partial charge in [-0.3, -0.25) is 9.36 Å². The lowest BCUT2D eigenvalue weighted by molar-refractivity contribution is 0.944. The van der Waals surface area contributed by atoms with Crippen LogP contribution in [0.25, 0.3) is 39.6 Å². The molecule has 0 saturated carbocycles. The maximum atomic E-state index is 13.2. The van der Waals surface area contributed by atoms with Gasteiger partial charge in [0.25, 0.3) is 5.56 Å². The van der Waals surface area contributed by atoms with Gasteiger partial charge in [0.05, 0.1) is 16.6 Å². The first-order valence-electron chi connectivity index (χ1n) is 9.13. The number of hydrogen-bond acceptors (Lipinski definition) is 2. The zero-order valence-corrected chi connectivity index (χ0v) is 15.0. The molecular weight excluding hydrogens is 346 g/mol. The van der Waals surface area contributed by atoms with Crippen LogP contribution >= 0.6 is 0 Å². The first-order valence-corrected chi connectivity index (χ1v) is 9.13. The quantitative estimate of drug-likeness (QED) is 0.488. The summed E-state index contributed by atoms with van der Waals surface area (Å²) in [4.78, 5) is 21.2. The van der Waals surface area contributed by atoms with Crippen molar-refractivity contribution >= 4 is 34.0 Å². The zero-order chi connectivity index (χ0) is 18.9. The Hall–Kier alpha value is -3.92. The molecule has 1 N–H and O–H groups in total. The maximum absolute atomic E-state index is 13.2. The fourth-order valence-electron chi connectivity index (χ4n) is 3.48. The molecule has 2 aromatic heterocycles. The lowest BCUT2D eigenvalue weighted by Crippen LogP contribution is -2.22. The molecule has 28 heavy (non-hydrogen) atoms. The first-order chi connectivity index (χ1) is 13.8. The third kappa shape index (κ3) is 2.72. The molecule has 0 saturated heterocycles. The van der Waals surface area contributed by atoms with Gasteiger partial charge in [-0.15, -0.1) is 0 Å². The Bertz CT molecular complexity index is 1380. The van der Waals surface area contributed by atoms with E-state index in [1.807, 2.05) is 91.1 Å². The molecule has 0 bridgehead atoms. The number of benzene rings is 3. The van der Waals surface area contributed by atoms with E-state index in [-0.39, 0.29) is 5.56 Å². The van der Waals surface area contributed by atoms with Crippen molar-refractivity contribution in [3.05, 3.63) is 107 Å². The van der Waals surface area contributed by atoms with Gasteiger partial charge in [-0.25, -0.2) is 4.98 Å². The summed E-state index contributed by atoms with van der Waals surface area (Å²) in [5.74, 6) is 0.597. The summed E-state index contributed by atoms with van der Waals surface area (Å²) in [6.07, 6.45) is 5.86. The lowest BCUT2D eigenvalue weighted by atomic mass is 10.1. The minimum Gasteiger partial charge on any atom is -0.361 e. The molecule has 4 nitrogen and oxygen atoms in total. The number of nitrogens with one attached hydrogen (secondary N) is 1. The lowest BCUT2D eigenvalue weighted by Gasteiger charge is -2.11. The SMILES string of the molecule is O=c1c2ccccc2nc(C=Cc2c[nH]c3ccccc23)n1-c1ccccc1. The minimum atomic E-state index is -0.0737. The largest absolute Gasteiger partial charge is 0.361 e. The molecular formula is C24H17N3O. The molecule has 0 aliphatic rings. The molecule has 5 aromatic rings. The number of hydrogen-bond donors (Lipinski definition) is 1. The van der Waals surface area contributed by atoms with Crippen LogP contribution in [0.3, 0.4) is 0 Å². The average Bonchev–Trinajstić information content (AvgIpc) is 3.16. The van der Waals surface area contributed by atoms with E-state index in [9.17, 15) is 4.79 Å². The van der Waals surface area contributed by atoms with Crippen molar-refractivity contribution in [3.63, 3.8) is 0 Å². The summed E-state index contributed by atoms with van der Waals surface area (Å²) < 4.78 is 1.66. The van der Waals surface area contributed by atoms with E-state index in [1.165, 1.54) is 0 Å². The Kier molecular flexibility index (Phi) is 3.87. The molecule has 2 heterocycles. The molecule has 0 atom stereocenters. The number of aromatic nitrogens is 3. The molecule has 4 heteroatoms. The topological polar surface area (TPSA) is 50.7 Å². The summed E-state index contributed by atoms with van der Waals surface area (Å²) in [5, 5.41) is 1.74. The highest BCUT2D eigenvalue weighted by molar-refractivity contribution is 5.91. The number of para-hydroxylation sites is 3. The summed E-state index contributed by atoms with van der Waals surface area (Å²) in [6.45, 7) is 0.